The lowest BCUT2D eigenvalue weighted by atomic mass is 10.0. The van der Waals surface area contributed by atoms with E-state index >= 15 is 0 Å². The van der Waals surface area contributed by atoms with Crippen LogP contribution in [0.1, 0.15) is 18.9 Å². The largest absolute Gasteiger partial charge is 0.481 e. The summed E-state index contributed by atoms with van der Waals surface area (Å²) in [6, 6.07) is 7.46. The van der Waals surface area contributed by atoms with E-state index in [2.05, 4.69) is 0 Å². The molecule has 1 aromatic carbocycles. The van der Waals surface area contributed by atoms with Gasteiger partial charge in [-0.3, -0.25) is 9.69 Å². The highest BCUT2D eigenvalue weighted by atomic mass is 16.6. The van der Waals surface area contributed by atoms with Crippen LogP contribution in [0.5, 0.6) is 0 Å². The number of anilines is 1. The number of amides is 1. The second kappa shape index (κ2) is 4.33. The van der Waals surface area contributed by atoms with E-state index in [9.17, 15) is 9.59 Å². The van der Waals surface area contributed by atoms with Gasteiger partial charge in [-0.2, -0.15) is 0 Å². The van der Waals surface area contributed by atoms with Crippen LogP contribution in [0.25, 0.3) is 0 Å². The molecule has 0 bridgehead atoms. The topological polar surface area (TPSA) is 66.8 Å². The molecule has 1 fully saturated rings. The first-order chi connectivity index (χ1) is 8.39. The molecule has 1 atom stereocenters. The van der Waals surface area contributed by atoms with Crippen molar-refractivity contribution in [3.8, 4) is 0 Å². The van der Waals surface area contributed by atoms with Crippen LogP contribution < -0.4 is 4.90 Å². The number of carbonyl (C=O) groups excluding carboxylic acids is 1. The molecule has 0 aromatic heterocycles. The lowest BCUT2D eigenvalue weighted by Gasteiger charge is -2.19. The van der Waals surface area contributed by atoms with E-state index in [0.717, 1.165) is 11.3 Å². The zero-order valence-electron chi connectivity index (χ0n) is 10.3. The summed E-state index contributed by atoms with van der Waals surface area (Å²) in [4.78, 5) is 24.0. The van der Waals surface area contributed by atoms with Crippen molar-refractivity contribution in [3.63, 3.8) is 0 Å². The first kappa shape index (κ1) is 12.4. The molecule has 1 N–H and O–H groups in total. The Bertz CT molecular complexity index is 500. The highest BCUT2D eigenvalue weighted by molar-refractivity contribution is 5.91. The number of carboxylic acids is 1. The van der Waals surface area contributed by atoms with Crippen LogP contribution in [0.15, 0.2) is 24.3 Å². The Morgan fingerprint density at radius 3 is 2.89 bits per heavy atom. The van der Waals surface area contributed by atoms with Gasteiger partial charge in [0.1, 0.15) is 5.60 Å². The van der Waals surface area contributed by atoms with Gasteiger partial charge in [0.2, 0.25) is 0 Å². The average Bonchev–Trinajstić information content (AvgIpc) is 2.52. The number of cyclic esters (lactones) is 1. The maximum absolute atomic E-state index is 11.8. The Morgan fingerprint density at radius 1 is 1.56 bits per heavy atom. The summed E-state index contributed by atoms with van der Waals surface area (Å²) in [7, 11) is 0. The molecule has 1 unspecified atom stereocenters. The minimum atomic E-state index is -0.976. The summed E-state index contributed by atoms with van der Waals surface area (Å²) in [5.41, 5.74) is 0.799. The first-order valence-corrected chi connectivity index (χ1v) is 5.69. The fourth-order valence-corrected chi connectivity index (χ4v) is 2.10. The molecule has 0 spiro atoms. The second-order valence-electron chi connectivity index (χ2n) is 4.81. The van der Waals surface area contributed by atoms with Crippen molar-refractivity contribution in [2.45, 2.75) is 25.9 Å². The Balaban J connectivity index is 2.22. The number of aliphatic carboxylic acids is 1. The fraction of sp³-hybridized carbons (Fsp3) is 0.385. The van der Waals surface area contributed by atoms with Gasteiger partial charge >= 0.3 is 12.1 Å². The van der Waals surface area contributed by atoms with Crippen LogP contribution in [-0.2, 0) is 9.53 Å². The minimum Gasteiger partial charge on any atom is -0.481 e. The monoisotopic (exact) mass is 249 g/mol. The second-order valence-corrected chi connectivity index (χ2v) is 4.81. The van der Waals surface area contributed by atoms with Crippen LogP contribution in [0, 0.1) is 6.92 Å². The molecule has 1 saturated heterocycles. The predicted molar refractivity (Wildman–Crippen MR) is 65.7 cm³/mol. The number of hydrogen-bond donors (Lipinski definition) is 1. The van der Waals surface area contributed by atoms with E-state index in [-0.39, 0.29) is 13.0 Å². The molecule has 0 saturated carbocycles. The third kappa shape index (κ3) is 2.45. The highest BCUT2D eigenvalue weighted by Crippen LogP contribution is 2.30. The number of ether oxygens (including phenoxy) is 1. The number of benzene rings is 1. The number of aryl methyl sites for hydroxylation is 1. The van der Waals surface area contributed by atoms with Crippen LogP contribution >= 0.6 is 0 Å². The molecule has 1 amide bonds. The third-order valence-corrected chi connectivity index (χ3v) is 2.89. The number of nitrogens with zero attached hydrogens (tertiary/aromatic N) is 1. The van der Waals surface area contributed by atoms with Crippen molar-refractivity contribution < 1.29 is 19.4 Å². The molecule has 0 radical (unpaired) electrons. The summed E-state index contributed by atoms with van der Waals surface area (Å²) in [5.74, 6) is -0.976. The van der Waals surface area contributed by atoms with Crippen LogP contribution in [0.2, 0.25) is 0 Å². The number of hydrogen-bond acceptors (Lipinski definition) is 3. The molecule has 1 aliphatic rings. The van der Waals surface area contributed by atoms with Crippen molar-refractivity contribution >= 4 is 17.7 Å². The molecular formula is C13H15NO4. The molecule has 0 aliphatic carbocycles. The number of rotatable bonds is 3. The van der Waals surface area contributed by atoms with Crippen LogP contribution in [-0.4, -0.2) is 29.3 Å². The third-order valence-electron chi connectivity index (χ3n) is 2.89. The quantitative estimate of drug-likeness (QED) is 0.891. The minimum absolute atomic E-state index is 0.193. The van der Waals surface area contributed by atoms with Gasteiger partial charge < -0.3 is 9.84 Å². The van der Waals surface area contributed by atoms with Crippen molar-refractivity contribution in [2.75, 3.05) is 11.4 Å². The van der Waals surface area contributed by atoms with Crippen LogP contribution in [0.4, 0.5) is 10.5 Å². The van der Waals surface area contributed by atoms with Gasteiger partial charge in [0.05, 0.1) is 13.0 Å². The van der Waals surface area contributed by atoms with Gasteiger partial charge in [-0.25, -0.2) is 4.79 Å². The van der Waals surface area contributed by atoms with Gasteiger partial charge in [-0.05, 0) is 31.5 Å². The van der Waals surface area contributed by atoms with Gasteiger partial charge in [0.25, 0.3) is 0 Å². The molecule has 1 aromatic rings. The molecular weight excluding hydrogens is 234 g/mol. The lowest BCUT2D eigenvalue weighted by Crippen LogP contribution is -2.33. The zero-order valence-corrected chi connectivity index (χ0v) is 10.3. The summed E-state index contributed by atoms with van der Waals surface area (Å²) in [5, 5.41) is 8.82. The average molecular weight is 249 g/mol. The molecule has 5 heteroatoms. The SMILES string of the molecule is Cc1cccc(N2CC(C)(CC(=O)O)OC2=O)c1. The standard InChI is InChI=1S/C13H15NO4/c1-9-4-3-5-10(6-9)14-8-13(2,7-11(15)16)18-12(14)17/h3-6H,7-8H2,1-2H3,(H,15,16). The maximum Gasteiger partial charge on any atom is 0.415 e. The summed E-state index contributed by atoms with van der Waals surface area (Å²) >= 11 is 0. The first-order valence-electron chi connectivity index (χ1n) is 5.69. The smallest absolute Gasteiger partial charge is 0.415 e. The summed E-state index contributed by atoms with van der Waals surface area (Å²) in [6.07, 6.45) is -0.689. The van der Waals surface area contributed by atoms with Gasteiger partial charge in [0, 0.05) is 5.69 Å². The van der Waals surface area contributed by atoms with Crippen molar-refractivity contribution in [1.82, 2.24) is 0 Å². The molecule has 1 heterocycles. The highest BCUT2D eigenvalue weighted by Gasteiger charge is 2.43. The van der Waals surface area contributed by atoms with Crippen molar-refractivity contribution in [2.24, 2.45) is 0 Å². The molecule has 18 heavy (non-hydrogen) atoms. The van der Waals surface area contributed by atoms with Gasteiger partial charge in [-0.1, -0.05) is 12.1 Å². The van der Waals surface area contributed by atoms with E-state index in [1.807, 2.05) is 25.1 Å². The van der Waals surface area contributed by atoms with E-state index < -0.39 is 17.7 Å². The number of carbonyl (C=O) groups is 2. The van der Waals surface area contributed by atoms with Crippen molar-refractivity contribution in [3.05, 3.63) is 29.8 Å². The Hall–Kier alpha value is -2.04. The van der Waals surface area contributed by atoms with Crippen LogP contribution in [0.3, 0.4) is 0 Å². The van der Waals surface area contributed by atoms with E-state index in [1.165, 1.54) is 4.90 Å². The van der Waals surface area contributed by atoms with Crippen molar-refractivity contribution in [1.29, 1.82) is 0 Å². The Labute approximate surface area is 105 Å². The van der Waals surface area contributed by atoms with Gasteiger partial charge in [-0.15, -0.1) is 0 Å². The predicted octanol–water partition coefficient (Wildman–Crippen LogP) is 2.19. The lowest BCUT2D eigenvalue weighted by molar-refractivity contribution is -0.140. The number of carboxylic acid groups (broad SMARTS) is 1. The Kier molecular flexibility index (Phi) is 2.98. The zero-order chi connectivity index (χ0) is 13.3. The molecule has 5 nitrogen and oxygen atoms in total. The molecule has 2 rings (SSSR count). The normalized spacial score (nSPS) is 23.0. The fourth-order valence-electron chi connectivity index (χ4n) is 2.10. The van der Waals surface area contributed by atoms with E-state index in [4.69, 9.17) is 9.84 Å². The van der Waals surface area contributed by atoms with Gasteiger partial charge in [0.15, 0.2) is 0 Å². The molecule has 1 aliphatic heterocycles. The summed E-state index contributed by atoms with van der Waals surface area (Å²) in [6.45, 7) is 3.82. The van der Waals surface area contributed by atoms with E-state index in [0.29, 0.717) is 0 Å². The van der Waals surface area contributed by atoms with E-state index in [1.54, 1.807) is 13.0 Å². The summed E-state index contributed by atoms with van der Waals surface area (Å²) < 4.78 is 5.17. The molecule has 96 valence electrons. The Morgan fingerprint density at radius 2 is 2.28 bits per heavy atom. The maximum atomic E-state index is 11.8.